The number of amides is 3. The second-order valence-corrected chi connectivity index (χ2v) is 5.04. The summed E-state index contributed by atoms with van der Waals surface area (Å²) in [6, 6.07) is 1.61. The van der Waals surface area contributed by atoms with Crippen molar-refractivity contribution in [2.45, 2.75) is 25.9 Å². The first-order chi connectivity index (χ1) is 9.36. The first kappa shape index (κ1) is 14.2. The summed E-state index contributed by atoms with van der Waals surface area (Å²) in [5.41, 5.74) is 1.69. The van der Waals surface area contributed by atoms with E-state index in [1.165, 1.54) is 6.26 Å². The Balaban J connectivity index is 2.24. The molecule has 20 heavy (non-hydrogen) atoms. The number of hydrogen-bond acceptors (Lipinski definition) is 6. The van der Waals surface area contributed by atoms with Crippen LogP contribution in [0.1, 0.15) is 30.0 Å². The topological polar surface area (TPSA) is 118 Å². The number of nitrogens with two attached hydrogens (primary N) is 1. The molecule has 1 aromatic heterocycles. The average molecular weight is 280 g/mol. The fourth-order valence-corrected chi connectivity index (χ4v) is 2.02. The van der Waals surface area contributed by atoms with Gasteiger partial charge in [-0.25, -0.2) is 5.84 Å². The van der Waals surface area contributed by atoms with Gasteiger partial charge in [-0.3, -0.25) is 30.0 Å². The van der Waals surface area contributed by atoms with Gasteiger partial charge >= 0.3 is 5.91 Å². The third-order valence-corrected chi connectivity index (χ3v) is 3.38. The van der Waals surface area contributed by atoms with Gasteiger partial charge in [0.1, 0.15) is 0 Å². The molecule has 8 heteroatoms. The van der Waals surface area contributed by atoms with Gasteiger partial charge in [0.05, 0.1) is 18.3 Å². The summed E-state index contributed by atoms with van der Waals surface area (Å²) in [5.74, 6) is 3.84. The molecule has 0 aliphatic carbocycles. The number of hydrogen-bond donors (Lipinski definition) is 3. The number of piperazine rings is 1. The quantitative estimate of drug-likeness (QED) is 0.286. The molecular weight excluding hydrogens is 264 g/mol. The number of rotatable bonds is 3. The molecular formula is C12H16N4O4. The van der Waals surface area contributed by atoms with E-state index in [1.807, 2.05) is 5.43 Å². The van der Waals surface area contributed by atoms with E-state index in [0.717, 1.165) is 0 Å². The molecule has 0 radical (unpaired) electrons. The number of hydrazine groups is 1. The molecule has 0 bridgehead atoms. The number of nitrogens with one attached hydrogen (secondary N) is 2. The van der Waals surface area contributed by atoms with Crippen LogP contribution in [-0.4, -0.2) is 34.7 Å². The highest BCUT2D eigenvalue weighted by Crippen LogP contribution is 2.23. The lowest BCUT2D eigenvalue weighted by atomic mass is 9.98. The van der Waals surface area contributed by atoms with E-state index in [2.05, 4.69) is 5.32 Å². The summed E-state index contributed by atoms with van der Waals surface area (Å²) in [4.78, 5) is 36.5. The maximum atomic E-state index is 11.8. The van der Waals surface area contributed by atoms with Crippen LogP contribution >= 0.6 is 0 Å². The molecule has 0 atom stereocenters. The Morgan fingerprint density at radius 1 is 1.55 bits per heavy atom. The van der Waals surface area contributed by atoms with Gasteiger partial charge in [0.25, 0.3) is 0 Å². The number of nitrogen functional groups attached to an aromatic ring is 1. The van der Waals surface area contributed by atoms with Crippen molar-refractivity contribution in [3.05, 3.63) is 23.7 Å². The Morgan fingerprint density at radius 2 is 2.25 bits per heavy atom. The zero-order valence-electron chi connectivity index (χ0n) is 11.2. The third kappa shape index (κ3) is 2.43. The van der Waals surface area contributed by atoms with Crippen LogP contribution in [0.5, 0.6) is 0 Å². The van der Waals surface area contributed by atoms with Crippen molar-refractivity contribution in [3.63, 3.8) is 0 Å². The standard InChI is InChI=1S/C12H16N4O4/c1-12(2)11(19)14-8(17)6-16(12)5-7-3-4-20-9(7)10(18)15-13/h3-4H,5-6,13H2,1-2H3,(H,15,18)(H,14,17,19). The van der Waals surface area contributed by atoms with E-state index in [1.54, 1.807) is 24.8 Å². The van der Waals surface area contributed by atoms with Gasteiger partial charge in [-0.05, 0) is 19.9 Å². The Kier molecular flexibility index (Phi) is 3.60. The van der Waals surface area contributed by atoms with E-state index >= 15 is 0 Å². The van der Waals surface area contributed by atoms with Crippen LogP contribution < -0.4 is 16.6 Å². The highest BCUT2D eigenvalue weighted by molar-refractivity contribution is 6.03. The van der Waals surface area contributed by atoms with Gasteiger partial charge in [-0.2, -0.15) is 0 Å². The van der Waals surface area contributed by atoms with E-state index < -0.39 is 11.4 Å². The first-order valence-electron chi connectivity index (χ1n) is 6.03. The SMILES string of the molecule is CC1(C)C(=O)NC(=O)CN1Cc1ccoc1C(=O)NN. The molecule has 0 saturated carbocycles. The van der Waals surface area contributed by atoms with Gasteiger partial charge in [-0.1, -0.05) is 0 Å². The largest absolute Gasteiger partial charge is 0.459 e. The molecule has 0 spiro atoms. The monoisotopic (exact) mass is 280 g/mol. The van der Waals surface area contributed by atoms with Crippen molar-refractivity contribution >= 4 is 17.7 Å². The molecule has 1 aliphatic heterocycles. The minimum Gasteiger partial charge on any atom is -0.459 e. The minimum absolute atomic E-state index is 0.0631. The molecule has 2 rings (SSSR count). The molecule has 2 heterocycles. The Morgan fingerprint density at radius 3 is 2.90 bits per heavy atom. The number of carbonyl (C=O) groups excluding carboxylic acids is 3. The zero-order chi connectivity index (χ0) is 14.9. The van der Waals surface area contributed by atoms with Gasteiger partial charge in [0, 0.05) is 12.1 Å². The van der Waals surface area contributed by atoms with Crippen LogP contribution in [0.25, 0.3) is 0 Å². The molecule has 4 N–H and O–H groups in total. The summed E-state index contributed by atoms with van der Waals surface area (Å²) in [6.07, 6.45) is 1.36. The average Bonchev–Trinajstić information content (AvgIpc) is 2.83. The van der Waals surface area contributed by atoms with Crippen LogP contribution in [0.3, 0.4) is 0 Å². The van der Waals surface area contributed by atoms with Gasteiger partial charge in [0.15, 0.2) is 5.76 Å². The lowest BCUT2D eigenvalue weighted by Gasteiger charge is -2.39. The van der Waals surface area contributed by atoms with Gasteiger partial charge < -0.3 is 4.42 Å². The zero-order valence-corrected chi connectivity index (χ0v) is 11.2. The highest BCUT2D eigenvalue weighted by Gasteiger charge is 2.41. The van der Waals surface area contributed by atoms with Gasteiger partial charge in [0.2, 0.25) is 11.8 Å². The van der Waals surface area contributed by atoms with Crippen molar-refractivity contribution < 1.29 is 18.8 Å². The molecule has 1 saturated heterocycles. The Labute approximate surface area is 115 Å². The fourth-order valence-electron chi connectivity index (χ4n) is 2.02. The number of nitrogens with zero attached hydrogens (tertiary/aromatic N) is 1. The van der Waals surface area contributed by atoms with Crippen molar-refractivity contribution in [2.75, 3.05) is 6.54 Å². The number of imide groups is 1. The van der Waals surface area contributed by atoms with Crippen LogP contribution in [-0.2, 0) is 16.1 Å². The maximum Gasteiger partial charge on any atom is 0.301 e. The number of furan rings is 1. The summed E-state index contributed by atoms with van der Waals surface area (Å²) in [5, 5.41) is 2.29. The fraction of sp³-hybridized carbons (Fsp3) is 0.417. The van der Waals surface area contributed by atoms with Crippen molar-refractivity contribution in [1.29, 1.82) is 0 Å². The molecule has 1 aromatic rings. The summed E-state index contributed by atoms with van der Waals surface area (Å²) in [6.45, 7) is 3.70. The summed E-state index contributed by atoms with van der Waals surface area (Å²) >= 11 is 0. The van der Waals surface area contributed by atoms with Crippen LogP contribution in [0.15, 0.2) is 16.7 Å². The second kappa shape index (κ2) is 5.06. The second-order valence-electron chi connectivity index (χ2n) is 5.04. The van der Waals surface area contributed by atoms with Gasteiger partial charge in [-0.15, -0.1) is 0 Å². The lowest BCUT2D eigenvalue weighted by Crippen LogP contribution is -2.63. The van der Waals surface area contributed by atoms with Crippen LogP contribution in [0.2, 0.25) is 0 Å². The first-order valence-corrected chi connectivity index (χ1v) is 6.03. The number of carbonyl (C=O) groups is 3. The van der Waals surface area contributed by atoms with Crippen molar-refractivity contribution in [3.8, 4) is 0 Å². The smallest absolute Gasteiger partial charge is 0.301 e. The van der Waals surface area contributed by atoms with E-state index in [4.69, 9.17) is 10.3 Å². The van der Waals surface area contributed by atoms with Crippen LogP contribution in [0, 0.1) is 0 Å². The predicted molar refractivity (Wildman–Crippen MR) is 68.0 cm³/mol. The minimum atomic E-state index is -0.859. The summed E-state index contributed by atoms with van der Waals surface area (Å²) < 4.78 is 5.08. The lowest BCUT2D eigenvalue weighted by molar-refractivity contribution is -0.145. The molecule has 1 aliphatic rings. The highest BCUT2D eigenvalue weighted by atomic mass is 16.3. The Bertz CT molecular complexity index is 564. The molecule has 0 aromatic carbocycles. The van der Waals surface area contributed by atoms with Crippen LogP contribution in [0.4, 0.5) is 0 Å². The molecule has 0 unspecified atom stereocenters. The van der Waals surface area contributed by atoms with Crippen molar-refractivity contribution in [1.82, 2.24) is 15.6 Å². The predicted octanol–water partition coefficient (Wildman–Crippen LogP) is -0.880. The molecule has 108 valence electrons. The molecule has 8 nitrogen and oxygen atoms in total. The normalized spacial score (nSPS) is 18.8. The summed E-state index contributed by atoms with van der Waals surface area (Å²) in [7, 11) is 0. The van der Waals surface area contributed by atoms with E-state index in [0.29, 0.717) is 5.56 Å². The van der Waals surface area contributed by atoms with E-state index in [-0.39, 0.29) is 30.7 Å². The van der Waals surface area contributed by atoms with E-state index in [9.17, 15) is 14.4 Å². The molecule has 1 fully saturated rings. The van der Waals surface area contributed by atoms with Crippen molar-refractivity contribution in [2.24, 2.45) is 5.84 Å². The third-order valence-electron chi connectivity index (χ3n) is 3.38. The maximum absolute atomic E-state index is 11.8. The molecule has 3 amide bonds. The Hall–Kier alpha value is -2.19.